The van der Waals surface area contributed by atoms with Gasteiger partial charge in [-0.1, -0.05) is 0 Å². The lowest BCUT2D eigenvalue weighted by atomic mass is 10.1. The smallest absolute Gasteiger partial charge is 0.330 e. The summed E-state index contributed by atoms with van der Waals surface area (Å²) in [6.45, 7) is 0. The zero-order valence-electron chi connectivity index (χ0n) is 72.4. The Morgan fingerprint density at radius 1 is 0.125 bits per heavy atom. The van der Waals surface area contributed by atoms with Gasteiger partial charge in [0.25, 0.3) is 0 Å². The minimum atomic E-state index is -1.75. The highest BCUT2D eigenvalue weighted by atomic mass is 16.6. The number of carbonyl (C=O) groups excluding carboxylic acids is 28. The fraction of sp³-hybridized carbons (Fsp3) is 0.600. The molecule has 0 spiro atoms. The van der Waals surface area contributed by atoms with Crippen molar-refractivity contribution in [1.29, 1.82) is 0 Å². The molecular weight excluding hydrogens is 1850 g/mol. The van der Waals surface area contributed by atoms with Crippen molar-refractivity contribution in [3.8, 4) is 0 Å². The van der Waals surface area contributed by atoms with Gasteiger partial charge in [0.1, 0.15) is 90.6 Å². The highest BCUT2D eigenvalue weighted by molar-refractivity contribution is 5.98. The van der Waals surface area contributed by atoms with E-state index in [4.69, 9.17) is 96.2 Å². The number of ether oxygens (including phenoxy) is 14. The van der Waals surface area contributed by atoms with E-state index in [0.29, 0.717) is 0 Å². The normalized spacial score (nSPS) is 14.2. The van der Waals surface area contributed by atoms with Crippen LogP contribution in [0.1, 0.15) is 193 Å². The molecule has 61 heteroatoms. The van der Waals surface area contributed by atoms with Crippen molar-refractivity contribution in [2.24, 2.45) is 86.0 Å². The monoisotopic (exact) mass is 1950 g/mol. The van der Waals surface area contributed by atoms with Crippen LogP contribution >= 0.6 is 0 Å². The van der Waals surface area contributed by atoms with Gasteiger partial charge < -0.3 is 163 Å². The van der Waals surface area contributed by atoms with Crippen LogP contribution in [0.3, 0.4) is 0 Å². The van der Waals surface area contributed by atoms with E-state index < -0.39 is 449 Å². The van der Waals surface area contributed by atoms with E-state index in [1.165, 1.54) is 0 Å². The number of esters is 28. The van der Waals surface area contributed by atoms with Crippen LogP contribution < -0.4 is 86.0 Å². The van der Waals surface area contributed by atoms with Crippen molar-refractivity contribution in [2.45, 2.75) is 283 Å². The third-order valence-corrected chi connectivity index (χ3v) is 17.5. The first-order valence-electron chi connectivity index (χ1n) is 40.5. The third-order valence-electron chi connectivity index (χ3n) is 17.5. The molecule has 0 rings (SSSR count). The van der Waals surface area contributed by atoms with E-state index in [0.717, 1.165) is 0 Å². The van der Waals surface area contributed by atoms with Crippen molar-refractivity contribution in [2.75, 3.05) is 0 Å². The minimum Gasteiger partial charge on any atom is -0.480 e. The van der Waals surface area contributed by atoms with Crippen LogP contribution in [0.5, 0.6) is 0 Å². The van der Waals surface area contributed by atoms with E-state index >= 15 is 0 Å². The lowest BCUT2D eigenvalue weighted by molar-refractivity contribution is -0.165. The second-order valence-electron chi connectivity index (χ2n) is 29.0. The van der Waals surface area contributed by atoms with Crippen LogP contribution in [-0.4, -0.2) is 280 Å². The van der Waals surface area contributed by atoms with Crippen LogP contribution in [0, 0.1) is 0 Å². The number of nitrogens with two attached hydrogens (primary N) is 15. The van der Waals surface area contributed by atoms with Crippen LogP contribution in [0.15, 0.2) is 0 Å². The topological polar surface area (TPSA) is 1070 Å². The van der Waals surface area contributed by atoms with E-state index in [1.54, 1.807) is 0 Å². The second-order valence-corrected chi connectivity index (χ2v) is 29.0. The molecule has 0 unspecified atom stereocenters. The van der Waals surface area contributed by atoms with Crippen LogP contribution in [-0.2, 0) is 210 Å². The largest absolute Gasteiger partial charge is 0.480 e. The van der Waals surface area contributed by atoms with E-state index in [2.05, 4.69) is 66.3 Å². The molecule has 0 aromatic carbocycles. The summed E-state index contributed by atoms with van der Waals surface area (Å²) < 4.78 is 63.4. The zero-order valence-corrected chi connectivity index (χ0v) is 72.4. The highest BCUT2D eigenvalue weighted by Gasteiger charge is 2.35. The van der Waals surface area contributed by atoms with E-state index in [1.807, 2.05) is 0 Å². The van der Waals surface area contributed by atoms with Gasteiger partial charge in [0.15, 0.2) is 0 Å². The maximum Gasteiger partial charge on any atom is 0.330 e. The number of hydrogen-bond donors (Lipinski definition) is 17. The predicted molar refractivity (Wildman–Crippen MR) is 429 cm³/mol. The molecule has 0 aromatic rings. The minimum absolute atomic E-state index is 0.353. The van der Waals surface area contributed by atoms with Gasteiger partial charge in [0.2, 0.25) is 0 Å². The molecule has 0 aliphatic rings. The van der Waals surface area contributed by atoms with Gasteiger partial charge in [-0.15, -0.1) is 0 Å². The Kier molecular flexibility index (Phi) is 57.8. The summed E-state index contributed by atoms with van der Waals surface area (Å²) in [5.74, 6) is -39.8. The summed E-state index contributed by atoms with van der Waals surface area (Å²) in [5, 5.41) is 17.5. The molecule has 15 atom stereocenters. The quantitative estimate of drug-likeness (QED) is 0.0153. The first-order chi connectivity index (χ1) is 63.3. The number of carboxylic acid groups (broad SMARTS) is 2. The number of carbonyl (C=O) groups is 30. The Labute approximate surface area is 766 Å². The Bertz CT molecular complexity index is 4410. The van der Waals surface area contributed by atoms with Gasteiger partial charge in [-0.25, -0.2) is 62.3 Å². The average molecular weight is 1950 g/mol. The van der Waals surface area contributed by atoms with Crippen molar-refractivity contribution < 1.29 is 220 Å². The summed E-state index contributed by atoms with van der Waals surface area (Å²) in [6.07, 6.45) is -18.7. The highest BCUT2D eigenvalue weighted by Crippen LogP contribution is 2.16. The summed E-state index contributed by atoms with van der Waals surface area (Å²) in [4.78, 5) is 364. The molecule has 0 saturated carbocycles. The fourth-order valence-corrected chi connectivity index (χ4v) is 9.22. The molecule has 61 nitrogen and oxygen atoms in total. The predicted octanol–water partition coefficient (Wildman–Crippen LogP) is -12.3. The molecule has 0 bridgehead atoms. The lowest BCUT2D eigenvalue weighted by Crippen LogP contribution is -2.40. The summed E-state index contributed by atoms with van der Waals surface area (Å²) in [6, 6.07) is -24.6. The molecule has 0 aromatic heterocycles. The van der Waals surface area contributed by atoms with Gasteiger partial charge in [-0.05, 0) is 96.3 Å². The molecule has 0 aliphatic heterocycles. The maximum atomic E-state index is 12.5. The molecule has 0 fully saturated rings. The lowest BCUT2D eigenvalue weighted by Gasteiger charge is -2.14. The molecule has 0 heterocycles. The molecule has 32 N–H and O–H groups in total. The van der Waals surface area contributed by atoms with Crippen molar-refractivity contribution >= 4 is 179 Å². The second kappa shape index (κ2) is 64.2. The van der Waals surface area contributed by atoms with Crippen LogP contribution in [0.4, 0.5) is 0 Å². The first kappa shape index (κ1) is 122. The summed E-state index contributed by atoms with van der Waals surface area (Å²) >= 11 is 0. The van der Waals surface area contributed by atoms with Crippen molar-refractivity contribution in [3.63, 3.8) is 0 Å². The molecule has 0 radical (unpaired) electrons. The number of hydrogen-bond acceptors (Lipinski definition) is 59. The summed E-state index contributed by atoms with van der Waals surface area (Å²) in [5.41, 5.74) is 83.9. The molecule has 0 amide bonds. The van der Waals surface area contributed by atoms with Crippen LogP contribution in [0.2, 0.25) is 0 Å². The van der Waals surface area contributed by atoms with Gasteiger partial charge in [-0.2, -0.15) is 0 Å². The van der Waals surface area contributed by atoms with E-state index in [-0.39, 0.29) is 12.8 Å². The van der Waals surface area contributed by atoms with Gasteiger partial charge in [0, 0.05) is 96.3 Å². The third kappa shape index (κ3) is 54.5. The molecule has 0 saturated heterocycles. The number of carboxylic acids is 2. The Morgan fingerprint density at radius 3 is 0.287 bits per heavy atom. The average Bonchev–Trinajstić information content (AvgIpc) is 0.858. The Morgan fingerprint density at radius 2 is 0.199 bits per heavy atom. The Balaban J connectivity index is 4.60. The molecule has 758 valence electrons. The van der Waals surface area contributed by atoms with Crippen molar-refractivity contribution in [3.05, 3.63) is 0 Å². The first-order valence-corrected chi connectivity index (χ1v) is 40.5. The van der Waals surface area contributed by atoms with Gasteiger partial charge in [0.05, 0.1) is 0 Å². The number of aliphatic carboxylic acids is 2. The Hall–Kier alpha value is -13.7. The fourth-order valence-electron chi connectivity index (χ4n) is 9.22. The van der Waals surface area contributed by atoms with E-state index in [9.17, 15) is 144 Å². The van der Waals surface area contributed by atoms with Crippen LogP contribution in [0.25, 0.3) is 0 Å². The number of rotatable bonds is 60. The summed E-state index contributed by atoms with van der Waals surface area (Å²) in [7, 11) is 0. The molecule has 136 heavy (non-hydrogen) atoms. The van der Waals surface area contributed by atoms with Gasteiger partial charge >= 0.3 is 179 Å². The van der Waals surface area contributed by atoms with Gasteiger partial charge in [-0.3, -0.25) is 81.5 Å². The van der Waals surface area contributed by atoms with Crippen molar-refractivity contribution in [1.82, 2.24) is 0 Å². The molecule has 0 aliphatic carbocycles. The SMILES string of the molecule is N[C@@H](CCC(=O)OC(=O)[C@@H](N)CCC(=O)OC(=O)CC[C@H](N)C(=O)OC(=O)[C@@H](N)CCC(=O)OC(=O)[C@@H](N)CCC(=O)OC(=O)CC[C@H](N)C(=O)OC(=O)CC[C@H](N)C(=O)OC(=O)CC[C@H](N)C(=O)OC(=O)[C@@H](N)CCC(=O)OC(=O)[C@@H](N)CCC(=O)OC(=O)CC[C@H](N)C(=O)OC(=O)CC[C@H](N)C(=O)OC(=O)[C@@H](N)CCC(=O)OC(=O)CC[C@H](N)C(=O)OC(=O)CC[C@H](N)C(=O)O)C(=O)O. The standard InChI is InChI=1S/C75H107N15O46/c76-31(61(106)107)1-16-54(99)127-63(110)33(78)3-18-50(95)125-52(97)24-9-40(85)70(117)134-72(119)42(87)12-27-57(102)130-66(113)36(81)6-21-47(92)123-46(91)20-5-35(80)65(112)129-56(101)26-11-39(84)69(116)133-60(105)30-15-45(90)75(122)136-74(121)44(89)14-29-59(104)132-68(115)38(83)8-23-49(94)124-48(93)22-7-37(82)67(114)131-58(103)28-13-43(88)73(120)135-71(118)41(86)10-25-53(98)126-51(96)19-4-34(79)64(111)128-55(100)17-2-32(77)62(108)109/h31-45H,1-30,76-90H2,(H,106,107)(H,108,109)/t31-,32-,33-,34-,35-,36-,37-,38-,39-,40-,41-,42-,43-,44-,45-/m0/s1. The maximum absolute atomic E-state index is 12.5. The molecular formula is C75H107N15O46. The zero-order chi connectivity index (χ0) is 104.